The molecule has 3 aromatic rings. The molecule has 0 saturated carbocycles. The molecule has 0 N–H and O–H groups in total. The maximum atomic E-state index is 12.7. The summed E-state index contributed by atoms with van der Waals surface area (Å²) in [5.41, 5.74) is 0.668. The van der Waals surface area contributed by atoms with Crippen LogP contribution in [0.5, 0.6) is 0 Å². The van der Waals surface area contributed by atoms with Gasteiger partial charge in [0.25, 0.3) is 0 Å². The van der Waals surface area contributed by atoms with Gasteiger partial charge in [0.2, 0.25) is 0 Å². The van der Waals surface area contributed by atoms with Gasteiger partial charge < -0.3 is 9.90 Å². The first-order valence-electron chi connectivity index (χ1n) is 8.28. The van der Waals surface area contributed by atoms with E-state index in [1.54, 1.807) is 12.1 Å². The second kappa shape index (κ2) is 6.83. The molecule has 0 aliphatic rings. The Morgan fingerprint density at radius 2 is 1.71 bits per heavy atom. The maximum absolute atomic E-state index is 12.7. The molecule has 1 unspecified atom stereocenters. The molecule has 0 aliphatic carbocycles. The minimum atomic E-state index is -1.06. The van der Waals surface area contributed by atoms with Crippen molar-refractivity contribution in [2.75, 3.05) is 0 Å². The van der Waals surface area contributed by atoms with Gasteiger partial charge in [0.1, 0.15) is 0 Å². The van der Waals surface area contributed by atoms with Crippen LogP contribution in [0.25, 0.3) is 21.5 Å². The van der Waals surface area contributed by atoms with E-state index in [9.17, 15) is 14.7 Å². The molecule has 0 heterocycles. The lowest BCUT2D eigenvalue weighted by Gasteiger charge is -2.18. The number of aliphatic carboxylic acids is 1. The first-order chi connectivity index (χ1) is 11.6. The van der Waals surface area contributed by atoms with E-state index in [0.29, 0.717) is 22.8 Å². The summed E-state index contributed by atoms with van der Waals surface area (Å²) < 4.78 is 0. The Morgan fingerprint density at radius 3 is 2.46 bits per heavy atom. The van der Waals surface area contributed by atoms with E-state index in [2.05, 4.69) is 0 Å². The lowest BCUT2D eigenvalue weighted by atomic mass is 9.92. The summed E-state index contributed by atoms with van der Waals surface area (Å²) in [6.45, 7) is 2.03. The number of fused-ring (bicyclic) bond motifs is 2. The SMILES string of the molecule is CCCCC(C(=O)[O-])c1ccc2c(=O)c3ccccc3ccc2c1. The summed E-state index contributed by atoms with van der Waals surface area (Å²) in [4.78, 5) is 24.2. The van der Waals surface area contributed by atoms with Crippen LogP contribution >= 0.6 is 0 Å². The van der Waals surface area contributed by atoms with Crippen molar-refractivity contribution in [2.24, 2.45) is 0 Å². The zero-order valence-corrected chi connectivity index (χ0v) is 13.6. The van der Waals surface area contributed by atoms with Crippen molar-refractivity contribution in [3.8, 4) is 0 Å². The highest BCUT2D eigenvalue weighted by molar-refractivity contribution is 5.93. The summed E-state index contributed by atoms with van der Waals surface area (Å²) in [6, 6.07) is 16.5. The van der Waals surface area contributed by atoms with Gasteiger partial charge in [-0.15, -0.1) is 0 Å². The summed E-state index contributed by atoms with van der Waals surface area (Å²) in [7, 11) is 0. The van der Waals surface area contributed by atoms with Gasteiger partial charge in [-0.2, -0.15) is 0 Å². The lowest BCUT2D eigenvalue weighted by Crippen LogP contribution is -2.29. The molecule has 0 radical (unpaired) electrons. The van der Waals surface area contributed by atoms with Gasteiger partial charge in [0.05, 0.1) is 0 Å². The predicted molar refractivity (Wildman–Crippen MR) is 95.0 cm³/mol. The van der Waals surface area contributed by atoms with Gasteiger partial charge in [-0.1, -0.05) is 74.4 Å². The van der Waals surface area contributed by atoms with E-state index in [1.807, 2.05) is 49.4 Å². The fourth-order valence-electron chi connectivity index (χ4n) is 3.15. The molecule has 3 heteroatoms. The smallest absolute Gasteiger partial charge is 0.194 e. The number of carboxylic acid groups (broad SMARTS) is 1. The third kappa shape index (κ3) is 3.02. The van der Waals surface area contributed by atoms with Crippen molar-refractivity contribution in [1.29, 1.82) is 0 Å². The number of unbranched alkanes of at least 4 members (excludes halogenated alkanes) is 1. The molecule has 0 aromatic heterocycles. The van der Waals surface area contributed by atoms with Crippen LogP contribution in [0.2, 0.25) is 0 Å². The third-order valence-corrected chi connectivity index (χ3v) is 4.50. The molecule has 3 aromatic carbocycles. The fraction of sp³-hybridized carbons (Fsp3) is 0.238. The molecule has 0 spiro atoms. The van der Waals surface area contributed by atoms with Crippen LogP contribution in [0.15, 0.2) is 59.4 Å². The fourth-order valence-corrected chi connectivity index (χ4v) is 3.15. The first kappa shape index (κ1) is 16.2. The molecule has 3 nitrogen and oxygen atoms in total. The number of hydrogen-bond acceptors (Lipinski definition) is 3. The number of carbonyl (C=O) groups is 1. The summed E-state index contributed by atoms with van der Waals surface area (Å²) in [5, 5.41) is 14.4. The van der Waals surface area contributed by atoms with Crippen LogP contribution in [0.3, 0.4) is 0 Å². The van der Waals surface area contributed by atoms with E-state index in [-0.39, 0.29) is 5.43 Å². The number of hydrogen-bond donors (Lipinski definition) is 0. The summed E-state index contributed by atoms with van der Waals surface area (Å²) >= 11 is 0. The Balaban J connectivity index is 2.20. The van der Waals surface area contributed by atoms with Gasteiger partial charge in [0, 0.05) is 22.7 Å². The highest BCUT2D eigenvalue weighted by Crippen LogP contribution is 2.25. The molecule has 0 amide bonds. The van der Waals surface area contributed by atoms with Crippen molar-refractivity contribution in [1.82, 2.24) is 0 Å². The van der Waals surface area contributed by atoms with Crippen molar-refractivity contribution >= 4 is 27.5 Å². The molecule has 1 atom stereocenters. The van der Waals surface area contributed by atoms with Crippen molar-refractivity contribution in [3.63, 3.8) is 0 Å². The van der Waals surface area contributed by atoms with Gasteiger partial charge in [-0.3, -0.25) is 4.79 Å². The number of carbonyl (C=O) groups excluding carboxylic acids is 1. The predicted octanol–water partition coefficient (Wildman–Crippen LogP) is 3.38. The number of carboxylic acids is 1. The average Bonchev–Trinajstić information content (AvgIpc) is 2.73. The van der Waals surface area contributed by atoms with Crippen molar-refractivity contribution in [3.05, 3.63) is 70.4 Å². The van der Waals surface area contributed by atoms with Gasteiger partial charge in [0.15, 0.2) is 5.43 Å². The Morgan fingerprint density at radius 1 is 1.00 bits per heavy atom. The van der Waals surface area contributed by atoms with Gasteiger partial charge in [-0.25, -0.2) is 0 Å². The van der Waals surface area contributed by atoms with Crippen LogP contribution in [-0.4, -0.2) is 5.97 Å². The molecule has 0 bridgehead atoms. The van der Waals surface area contributed by atoms with Crippen LogP contribution in [0.4, 0.5) is 0 Å². The van der Waals surface area contributed by atoms with Crippen molar-refractivity contribution in [2.45, 2.75) is 32.1 Å². The van der Waals surface area contributed by atoms with Crippen LogP contribution in [0.1, 0.15) is 37.7 Å². The molecule has 0 fully saturated rings. The normalized spacial score (nSPS) is 12.4. The minimum absolute atomic E-state index is 0.0318. The summed E-state index contributed by atoms with van der Waals surface area (Å²) in [6.07, 6.45) is 2.31. The first-order valence-corrected chi connectivity index (χ1v) is 8.28. The second-order valence-electron chi connectivity index (χ2n) is 6.11. The second-order valence-corrected chi connectivity index (χ2v) is 6.11. The van der Waals surface area contributed by atoms with Crippen LogP contribution in [-0.2, 0) is 4.79 Å². The van der Waals surface area contributed by atoms with E-state index in [1.165, 1.54) is 0 Å². The van der Waals surface area contributed by atoms with Gasteiger partial charge >= 0.3 is 0 Å². The maximum Gasteiger partial charge on any atom is 0.194 e. The van der Waals surface area contributed by atoms with Crippen LogP contribution in [0, 0.1) is 0 Å². The summed E-state index contributed by atoms with van der Waals surface area (Å²) in [5.74, 6) is -1.69. The third-order valence-electron chi connectivity index (χ3n) is 4.50. The minimum Gasteiger partial charge on any atom is -0.549 e. The monoisotopic (exact) mass is 319 g/mol. The standard InChI is InChI=1S/C21H20O3/c1-2-3-7-19(21(23)24)16-11-12-18-15(13-16)10-9-14-6-4-5-8-17(14)20(18)22/h4-6,8-13,19H,2-3,7H2,1H3,(H,23,24)/p-1. The topological polar surface area (TPSA) is 57.2 Å². The molecule has 3 rings (SSSR count). The van der Waals surface area contributed by atoms with Crippen LogP contribution < -0.4 is 10.5 Å². The largest absolute Gasteiger partial charge is 0.549 e. The lowest BCUT2D eigenvalue weighted by molar-refractivity contribution is -0.308. The van der Waals surface area contributed by atoms with Gasteiger partial charge in [-0.05, 0) is 22.8 Å². The molecular formula is C21H19O3-. The highest BCUT2D eigenvalue weighted by Gasteiger charge is 2.13. The molecule has 0 saturated heterocycles. The molecule has 0 aliphatic heterocycles. The Labute approximate surface area is 140 Å². The van der Waals surface area contributed by atoms with Crippen molar-refractivity contribution < 1.29 is 9.90 Å². The molecule has 24 heavy (non-hydrogen) atoms. The van der Waals surface area contributed by atoms with E-state index in [4.69, 9.17) is 0 Å². The zero-order chi connectivity index (χ0) is 17.1. The quantitative estimate of drug-likeness (QED) is 0.724. The molecular weight excluding hydrogens is 300 g/mol. The van der Waals surface area contributed by atoms with E-state index >= 15 is 0 Å². The van der Waals surface area contributed by atoms with E-state index < -0.39 is 11.9 Å². The number of benzene rings is 2. The Kier molecular flexibility index (Phi) is 4.61. The Hall–Kier alpha value is -2.68. The zero-order valence-electron chi connectivity index (χ0n) is 13.6. The van der Waals surface area contributed by atoms with E-state index in [0.717, 1.165) is 23.6 Å². The average molecular weight is 319 g/mol. The Bertz CT molecular complexity index is 960. The highest BCUT2D eigenvalue weighted by atomic mass is 16.4. The number of rotatable bonds is 5. The molecule has 122 valence electrons.